The Kier molecular flexibility index (Phi) is 4.43. The maximum absolute atomic E-state index is 5.73. The van der Waals surface area contributed by atoms with E-state index in [0.717, 1.165) is 5.76 Å². The summed E-state index contributed by atoms with van der Waals surface area (Å²) in [5.41, 5.74) is -0.0518. The summed E-state index contributed by atoms with van der Waals surface area (Å²) >= 11 is 0. The fourth-order valence-corrected chi connectivity index (χ4v) is 2.08. The lowest BCUT2D eigenvalue weighted by Crippen LogP contribution is -2.36. The van der Waals surface area contributed by atoms with Gasteiger partial charge in [-0.3, -0.25) is 0 Å². The highest BCUT2D eigenvalue weighted by Crippen LogP contribution is 2.27. The Hall–Kier alpha value is -0.723. The average Bonchev–Trinajstić information content (AvgIpc) is 1.98. The van der Waals surface area contributed by atoms with Gasteiger partial charge in [-0.2, -0.15) is 0 Å². The third-order valence-corrected chi connectivity index (χ3v) is 3.29. The van der Waals surface area contributed by atoms with Crippen LogP contribution in [-0.2, 0) is 8.85 Å². The molecule has 0 spiro atoms. The summed E-state index contributed by atoms with van der Waals surface area (Å²) in [7, 11) is -2.14. The molecule has 0 rings (SSSR count). The highest BCUT2D eigenvalue weighted by molar-refractivity contribution is 6.64. The van der Waals surface area contributed by atoms with Crippen LogP contribution in [0.3, 0.4) is 0 Å². The normalized spacial score (nSPS) is 12.0. The molecule has 0 fully saturated rings. The van der Waals surface area contributed by atoms with E-state index in [1.165, 1.54) is 0 Å². The van der Waals surface area contributed by atoms with Crippen molar-refractivity contribution in [3.8, 4) is 12.3 Å². The molecular weight excluding hydrogens is 192 g/mol. The molecule has 0 saturated carbocycles. The van der Waals surface area contributed by atoms with E-state index >= 15 is 0 Å². The molecule has 0 aliphatic carbocycles. The van der Waals surface area contributed by atoms with Crippen molar-refractivity contribution in [2.45, 2.75) is 33.9 Å². The molecule has 80 valence electrons. The van der Waals surface area contributed by atoms with Crippen molar-refractivity contribution in [3.05, 3.63) is 12.3 Å². The third-order valence-electron chi connectivity index (χ3n) is 1.71. The van der Waals surface area contributed by atoms with Gasteiger partial charge in [0.2, 0.25) is 0 Å². The van der Waals surface area contributed by atoms with E-state index in [1.807, 2.05) is 13.1 Å². The monoisotopic (exact) mass is 212 g/mol. The van der Waals surface area contributed by atoms with Gasteiger partial charge in [-0.15, -0.1) is 6.42 Å². The van der Waals surface area contributed by atoms with Gasteiger partial charge in [0, 0.05) is 5.41 Å². The first-order chi connectivity index (χ1) is 6.19. The first-order valence-electron chi connectivity index (χ1n) is 4.65. The van der Waals surface area contributed by atoms with E-state index in [0.29, 0.717) is 6.61 Å². The maximum atomic E-state index is 5.73. The van der Waals surface area contributed by atoms with E-state index in [4.69, 9.17) is 15.3 Å². The Bertz CT molecular complexity index is 243. The fraction of sp³-hybridized carbons (Fsp3) is 0.636. The summed E-state index contributed by atoms with van der Waals surface area (Å²) in [6.45, 7) is 14.3. The molecule has 0 unspecified atom stereocenters. The van der Waals surface area contributed by atoms with E-state index in [-0.39, 0.29) is 5.41 Å². The smallest absolute Gasteiger partial charge is 0.392 e. The van der Waals surface area contributed by atoms with E-state index in [1.54, 1.807) is 0 Å². The molecule has 0 heterocycles. The van der Waals surface area contributed by atoms with Gasteiger partial charge in [-0.25, -0.2) is 0 Å². The van der Waals surface area contributed by atoms with Gasteiger partial charge in [0.05, 0.1) is 12.4 Å². The number of allylic oxidation sites excluding steroid dienone is 1. The fourth-order valence-electron chi connectivity index (χ4n) is 0.695. The minimum absolute atomic E-state index is 0.0518. The van der Waals surface area contributed by atoms with Gasteiger partial charge in [0.15, 0.2) is 0 Å². The Morgan fingerprint density at radius 1 is 1.43 bits per heavy atom. The van der Waals surface area contributed by atoms with Crippen LogP contribution in [0.5, 0.6) is 0 Å². The second-order valence-electron chi connectivity index (χ2n) is 4.67. The highest BCUT2D eigenvalue weighted by atomic mass is 28.4. The van der Waals surface area contributed by atoms with Crippen LogP contribution >= 0.6 is 0 Å². The van der Waals surface area contributed by atoms with Crippen LogP contribution in [0.15, 0.2) is 12.3 Å². The zero-order valence-corrected chi connectivity index (χ0v) is 10.8. The largest absolute Gasteiger partial charge is 0.524 e. The lowest BCUT2D eigenvalue weighted by Gasteiger charge is -2.30. The van der Waals surface area contributed by atoms with Crippen LogP contribution in [0.25, 0.3) is 0 Å². The molecule has 0 amide bonds. The molecule has 0 radical (unpaired) electrons. The van der Waals surface area contributed by atoms with Gasteiger partial charge < -0.3 is 8.85 Å². The lowest BCUT2D eigenvalue weighted by atomic mass is 9.95. The molecule has 0 aromatic heterocycles. The second kappa shape index (κ2) is 4.67. The Balaban J connectivity index is 4.24. The van der Waals surface area contributed by atoms with Crippen LogP contribution in [0, 0.1) is 17.8 Å². The van der Waals surface area contributed by atoms with E-state index in [2.05, 4.69) is 33.3 Å². The highest BCUT2D eigenvalue weighted by Gasteiger charge is 2.30. The van der Waals surface area contributed by atoms with Crippen molar-refractivity contribution >= 4 is 8.56 Å². The van der Waals surface area contributed by atoms with Crippen molar-refractivity contribution in [1.29, 1.82) is 0 Å². The molecule has 0 aromatic rings. The quantitative estimate of drug-likeness (QED) is 0.405. The number of hydrogen-bond donors (Lipinski definition) is 0. The predicted octanol–water partition coefficient (Wildman–Crippen LogP) is 2.91. The summed E-state index contributed by atoms with van der Waals surface area (Å²) in [5.74, 6) is 3.19. The zero-order chi connectivity index (χ0) is 11.4. The van der Waals surface area contributed by atoms with Crippen molar-refractivity contribution in [3.63, 3.8) is 0 Å². The first kappa shape index (κ1) is 13.3. The topological polar surface area (TPSA) is 18.5 Å². The van der Waals surface area contributed by atoms with Crippen molar-refractivity contribution in [1.82, 2.24) is 0 Å². The van der Waals surface area contributed by atoms with Gasteiger partial charge in [0.1, 0.15) is 0 Å². The summed E-state index contributed by atoms with van der Waals surface area (Å²) in [6.07, 6.45) is 5.12. The maximum Gasteiger partial charge on any atom is 0.392 e. The van der Waals surface area contributed by atoms with Crippen LogP contribution in [0.4, 0.5) is 0 Å². The van der Waals surface area contributed by atoms with Crippen molar-refractivity contribution in [2.24, 2.45) is 5.41 Å². The molecule has 14 heavy (non-hydrogen) atoms. The predicted molar refractivity (Wildman–Crippen MR) is 61.9 cm³/mol. The van der Waals surface area contributed by atoms with Crippen molar-refractivity contribution < 1.29 is 8.85 Å². The SMILES string of the molecule is C#CCO[Si](C)(C)OC(=C)C(C)(C)C. The molecule has 0 aliphatic rings. The summed E-state index contributed by atoms with van der Waals surface area (Å²) in [5, 5.41) is 0. The zero-order valence-electron chi connectivity index (χ0n) is 9.81. The molecule has 0 N–H and O–H groups in total. The Morgan fingerprint density at radius 2 is 1.93 bits per heavy atom. The van der Waals surface area contributed by atoms with Gasteiger partial charge in [0.25, 0.3) is 0 Å². The number of hydrogen-bond acceptors (Lipinski definition) is 2. The second-order valence-corrected chi connectivity index (χ2v) is 7.96. The minimum Gasteiger partial charge on any atom is -0.524 e. The van der Waals surface area contributed by atoms with Crippen LogP contribution < -0.4 is 0 Å². The molecule has 0 aromatic carbocycles. The number of rotatable bonds is 4. The molecule has 0 saturated heterocycles. The summed E-state index contributed by atoms with van der Waals surface area (Å²) < 4.78 is 11.2. The van der Waals surface area contributed by atoms with Gasteiger partial charge >= 0.3 is 8.56 Å². The van der Waals surface area contributed by atoms with Crippen LogP contribution in [0.2, 0.25) is 13.1 Å². The molecule has 0 aliphatic heterocycles. The summed E-state index contributed by atoms with van der Waals surface area (Å²) in [6, 6.07) is 0. The van der Waals surface area contributed by atoms with Crippen LogP contribution in [0.1, 0.15) is 20.8 Å². The van der Waals surface area contributed by atoms with Gasteiger partial charge in [-0.05, 0) is 13.1 Å². The standard InChI is InChI=1S/C11H20O2Si/c1-8-9-12-14(6,7)13-10(2)11(3,4)5/h1H,2,9H2,3-7H3. The molecule has 3 heteroatoms. The summed E-state index contributed by atoms with van der Waals surface area (Å²) in [4.78, 5) is 0. The van der Waals surface area contributed by atoms with E-state index < -0.39 is 8.56 Å². The Morgan fingerprint density at radius 3 is 2.29 bits per heavy atom. The third kappa shape index (κ3) is 5.10. The molecular formula is C11H20O2Si. The molecule has 0 bridgehead atoms. The Labute approximate surface area is 88.6 Å². The van der Waals surface area contributed by atoms with E-state index in [9.17, 15) is 0 Å². The minimum atomic E-state index is -2.14. The average molecular weight is 212 g/mol. The van der Waals surface area contributed by atoms with Gasteiger partial charge in [-0.1, -0.05) is 33.3 Å². The molecule has 2 nitrogen and oxygen atoms in total. The number of terminal acetylenes is 1. The molecule has 0 atom stereocenters. The lowest BCUT2D eigenvalue weighted by molar-refractivity contribution is 0.203. The van der Waals surface area contributed by atoms with Crippen molar-refractivity contribution in [2.75, 3.05) is 6.61 Å². The van der Waals surface area contributed by atoms with Crippen LogP contribution in [-0.4, -0.2) is 15.2 Å². The first-order valence-corrected chi connectivity index (χ1v) is 7.46.